The molecule has 102 valence electrons. The average molecular weight is 283 g/mol. The lowest BCUT2D eigenvalue weighted by molar-refractivity contribution is -0.115. The Hall–Kier alpha value is -1.74. The number of benzene rings is 2. The van der Waals surface area contributed by atoms with Crippen LogP contribution in [-0.4, -0.2) is 11.2 Å². The number of aryl methyl sites for hydroxylation is 2. The van der Waals surface area contributed by atoms with Gasteiger partial charge in [-0.05, 0) is 43.5 Å². The Labute approximate surface area is 123 Å². The molecule has 1 aliphatic heterocycles. The smallest absolute Gasteiger partial charge is 0.238 e. The van der Waals surface area contributed by atoms with E-state index < -0.39 is 0 Å². The quantitative estimate of drug-likeness (QED) is 0.904. The molecule has 1 N–H and O–H groups in total. The molecule has 0 fully saturated rings. The van der Waals surface area contributed by atoms with Crippen molar-refractivity contribution >= 4 is 23.4 Å². The van der Waals surface area contributed by atoms with Gasteiger partial charge in [-0.15, -0.1) is 11.8 Å². The molecule has 1 atom stereocenters. The Morgan fingerprint density at radius 2 is 2.00 bits per heavy atom. The van der Waals surface area contributed by atoms with Crippen LogP contribution in [0.15, 0.2) is 47.4 Å². The van der Waals surface area contributed by atoms with Gasteiger partial charge in [0.15, 0.2) is 0 Å². The van der Waals surface area contributed by atoms with E-state index in [4.69, 9.17) is 0 Å². The summed E-state index contributed by atoms with van der Waals surface area (Å²) < 4.78 is 0. The van der Waals surface area contributed by atoms with Gasteiger partial charge in [-0.1, -0.05) is 35.9 Å². The summed E-state index contributed by atoms with van der Waals surface area (Å²) in [5, 5.41) is 3.03. The standard InChI is InChI=1S/C17H17NOS/c1-11-7-8-14(12(2)9-11)18-17(19)16-10-13-5-3-4-6-15(13)20-16/h3-9,16H,10H2,1-2H3,(H,18,19). The van der Waals surface area contributed by atoms with E-state index in [0.29, 0.717) is 0 Å². The maximum atomic E-state index is 12.4. The second-order valence-electron chi connectivity index (χ2n) is 5.23. The third-order valence-corrected chi connectivity index (χ3v) is 4.90. The number of amides is 1. The Bertz CT molecular complexity index is 641. The summed E-state index contributed by atoms with van der Waals surface area (Å²) in [6.07, 6.45) is 0.817. The molecule has 3 rings (SSSR count). The zero-order valence-corrected chi connectivity index (χ0v) is 12.5. The summed E-state index contributed by atoms with van der Waals surface area (Å²) in [6, 6.07) is 14.3. The lowest BCUT2D eigenvalue weighted by Crippen LogP contribution is -2.25. The molecule has 3 heteroatoms. The van der Waals surface area contributed by atoms with Gasteiger partial charge in [0.1, 0.15) is 0 Å². The van der Waals surface area contributed by atoms with Gasteiger partial charge in [-0.2, -0.15) is 0 Å². The highest BCUT2D eigenvalue weighted by molar-refractivity contribution is 8.01. The van der Waals surface area contributed by atoms with Crippen molar-refractivity contribution < 1.29 is 4.79 Å². The van der Waals surface area contributed by atoms with Gasteiger partial charge in [0.2, 0.25) is 5.91 Å². The molecule has 1 heterocycles. The lowest BCUT2D eigenvalue weighted by atomic mass is 10.1. The van der Waals surface area contributed by atoms with E-state index in [9.17, 15) is 4.79 Å². The van der Waals surface area contributed by atoms with Crippen LogP contribution in [0.5, 0.6) is 0 Å². The number of hydrogen-bond acceptors (Lipinski definition) is 2. The highest BCUT2D eigenvalue weighted by Crippen LogP contribution is 2.37. The molecule has 0 saturated carbocycles. The van der Waals surface area contributed by atoms with Gasteiger partial charge < -0.3 is 5.32 Å². The first-order valence-corrected chi connectivity index (χ1v) is 7.64. The van der Waals surface area contributed by atoms with E-state index in [-0.39, 0.29) is 11.2 Å². The fraction of sp³-hybridized carbons (Fsp3) is 0.235. The van der Waals surface area contributed by atoms with Gasteiger partial charge in [0.25, 0.3) is 0 Å². The first-order chi connectivity index (χ1) is 9.63. The molecule has 1 unspecified atom stereocenters. The summed E-state index contributed by atoms with van der Waals surface area (Å²) in [6.45, 7) is 4.08. The molecule has 0 aromatic heterocycles. The molecule has 0 bridgehead atoms. The average Bonchev–Trinajstić information content (AvgIpc) is 2.86. The highest BCUT2D eigenvalue weighted by Gasteiger charge is 2.28. The Morgan fingerprint density at radius 3 is 2.75 bits per heavy atom. The van der Waals surface area contributed by atoms with E-state index in [0.717, 1.165) is 17.7 Å². The number of fused-ring (bicyclic) bond motifs is 1. The minimum absolute atomic E-state index is 0.0203. The number of hydrogen-bond donors (Lipinski definition) is 1. The van der Waals surface area contributed by atoms with E-state index in [1.54, 1.807) is 11.8 Å². The summed E-state index contributed by atoms with van der Waals surface area (Å²) in [4.78, 5) is 13.6. The van der Waals surface area contributed by atoms with E-state index >= 15 is 0 Å². The predicted octanol–water partition coefficient (Wildman–Crippen LogP) is 3.96. The van der Waals surface area contributed by atoms with Crippen molar-refractivity contribution in [3.05, 3.63) is 59.2 Å². The third kappa shape index (κ3) is 2.59. The Kier molecular flexibility index (Phi) is 3.53. The van der Waals surface area contributed by atoms with Crippen LogP contribution in [-0.2, 0) is 11.2 Å². The van der Waals surface area contributed by atoms with Crippen molar-refractivity contribution in [3.63, 3.8) is 0 Å². The van der Waals surface area contributed by atoms with Gasteiger partial charge in [-0.25, -0.2) is 0 Å². The lowest BCUT2D eigenvalue weighted by Gasteiger charge is -2.12. The monoisotopic (exact) mass is 283 g/mol. The molecule has 1 aliphatic rings. The Balaban J connectivity index is 1.72. The molecular weight excluding hydrogens is 266 g/mol. The van der Waals surface area contributed by atoms with Crippen LogP contribution in [0, 0.1) is 13.8 Å². The van der Waals surface area contributed by atoms with Crippen molar-refractivity contribution in [3.8, 4) is 0 Å². The molecule has 2 nitrogen and oxygen atoms in total. The summed E-state index contributed by atoms with van der Waals surface area (Å²) in [5.41, 5.74) is 4.51. The summed E-state index contributed by atoms with van der Waals surface area (Å²) in [7, 11) is 0. The normalized spacial score (nSPS) is 16.8. The van der Waals surface area contributed by atoms with Gasteiger partial charge >= 0.3 is 0 Å². The maximum absolute atomic E-state index is 12.4. The van der Waals surface area contributed by atoms with E-state index in [1.807, 2.05) is 31.2 Å². The largest absolute Gasteiger partial charge is 0.325 e. The molecule has 2 aromatic rings. The zero-order chi connectivity index (χ0) is 14.1. The van der Waals surface area contributed by atoms with Crippen LogP contribution in [0.25, 0.3) is 0 Å². The minimum atomic E-state index is -0.0203. The number of nitrogens with one attached hydrogen (secondary N) is 1. The summed E-state index contributed by atoms with van der Waals surface area (Å²) in [5.74, 6) is 0.0955. The molecule has 0 spiro atoms. The molecule has 2 aromatic carbocycles. The van der Waals surface area contributed by atoms with E-state index in [2.05, 4.69) is 30.4 Å². The number of rotatable bonds is 2. The Morgan fingerprint density at radius 1 is 1.20 bits per heavy atom. The van der Waals surface area contributed by atoms with Crippen LogP contribution in [0.3, 0.4) is 0 Å². The van der Waals surface area contributed by atoms with Crippen molar-refractivity contribution in [2.24, 2.45) is 0 Å². The fourth-order valence-electron chi connectivity index (χ4n) is 2.50. The first-order valence-electron chi connectivity index (χ1n) is 6.76. The van der Waals surface area contributed by atoms with Gasteiger partial charge in [0.05, 0.1) is 5.25 Å². The SMILES string of the molecule is Cc1ccc(NC(=O)C2Cc3ccccc3S2)c(C)c1. The maximum Gasteiger partial charge on any atom is 0.238 e. The van der Waals surface area contributed by atoms with Crippen molar-refractivity contribution in [1.82, 2.24) is 0 Å². The third-order valence-electron chi connectivity index (χ3n) is 3.58. The molecule has 0 radical (unpaired) electrons. The van der Waals surface area contributed by atoms with Crippen LogP contribution in [0.4, 0.5) is 5.69 Å². The van der Waals surface area contributed by atoms with Crippen LogP contribution in [0.1, 0.15) is 16.7 Å². The summed E-state index contributed by atoms with van der Waals surface area (Å²) >= 11 is 1.66. The van der Waals surface area contributed by atoms with E-state index in [1.165, 1.54) is 16.0 Å². The molecule has 0 aliphatic carbocycles. The molecule has 1 amide bonds. The highest BCUT2D eigenvalue weighted by atomic mass is 32.2. The van der Waals surface area contributed by atoms with Gasteiger partial charge in [0, 0.05) is 10.6 Å². The van der Waals surface area contributed by atoms with Crippen molar-refractivity contribution in [2.75, 3.05) is 5.32 Å². The number of thioether (sulfide) groups is 1. The molecule has 0 saturated heterocycles. The number of anilines is 1. The fourth-order valence-corrected chi connectivity index (χ4v) is 3.69. The second-order valence-corrected chi connectivity index (χ2v) is 6.47. The van der Waals surface area contributed by atoms with Gasteiger partial charge in [-0.3, -0.25) is 4.79 Å². The van der Waals surface area contributed by atoms with Crippen LogP contribution >= 0.6 is 11.8 Å². The molecule has 20 heavy (non-hydrogen) atoms. The van der Waals surface area contributed by atoms with Crippen LogP contribution in [0.2, 0.25) is 0 Å². The van der Waals surface area contributed by atoms with Crippen molar-refractivity contribution in [2.45, 2.75) is 30.4 Å². The topological polar surface area (TPSA) is 29.1 Å². The number of carbonyl (C=O) groups excluding carboxylic acids is 1. The zero-order valence-electron chi connectivity index (χ0n) is 11.6. The predicted molar refractivity (Wildman–Crippen MR) is 84.3 cm³/mol. The number of carbonyl (C=O) groups is 1. The second kappa shape index (κ2) is 5.33. The van der Waals surface area contributed by atoms with Crippen LogP contribution < -0.4 is 5.32 Å². The molecular formula is C17H17NOS. The minimum Gasteiger partial charge on any atom is -0.325 e. The first kappa shape index (κ1) is 13.3. The van der Waals surface area contributed by atoms with Crippen molar-refractivity contribution in [1.29, 1.82) is 0 Å².